The van der Waals surface area contributed by atoms with Gasteiger partial charge in [0, 0.05) is 11.7 Å². The summed E-state index contributed by atoms with van der Waals surface area (Å²) in [6.45, 7) is 0. The predicted molar refractivity (Wildman–Crippen MR) is 65.3 cm³/mol. The zero-order valence-corrected chi connectivity index (χ0v) is 10.5. The van der Waals surface area contributed by atoms with Crippen molar-refractivity contribution in [3.05, 3.63) is 29.6 Å². The highest BCUT2D eigenvalue weighted by atomic mass is 19.4. The van der Waals surface area contributed by atoms with Crippen LogP contribution in [0, 0.1) is 11.7 Å². The van der Waals surface area contributed by atoms with Gasteiger partial charge in [-0.2, -0.15) is 13.2 Å². The van der Waals surface area contributed by atoms with E-state index in [2.05, 4.69) is 5.32 Å². The number of nitrogens with two attached hydrogens (primary N) is 1. The van der Waals surface area contributed by atoms with Crippen LogP contribution in [0.4, 0.5) is 23.2 Å². The Morgan fingerprint density at radius 2 is 2.00 bits per heavy atom. The summed E-state index contributed by atoms with van der Waals surface area (Å²) in [5.41, 5.74) is 4.28. The van der Waals surface area contributed by atoms with Crippen LogP contribution in [0.2, 0.25) is 0 Å². The van der Waals surface area contributed by atoms with Gasteiger partial charge in [0.2, 0.25) is 5.91 Å². The van der Waals surface area contributed by atoms with Crippen LogP contribution in [-0.4, -0.2) is 11.9 Å². The Labute approximate surface area is 113 Å². The molecule has 20 heavy (non-hydrogen) atoms. The van der Waals surface area contributed by atoms with E-state index >= 15 is 0 Å². The maximum absolute atomic E-state index is 13.1. The monoisotopic (exact) mass is 290 g/mol. The number of hydrogen-bond acceptors (Lipinski definition) is 2. The van der Waals surface area contributed by atoms with Crippen molar-refractivity contribution in [3.8, 4) is 0 Å². The molecule has 0 unspecified atom stereocenters. The van der Waals surface area contributed by atoms with Gasteiger partial charge in [0.25, 0.3) is 0 Å². The lowest BCUT2D eigenvalue weighted by atomic mass is 10.0. The SMILES string of the molecule is N[C@@H]1CCC[C@@H]1C(=O)Nc1ccc(F)c(C(F)(F)F)c1. The Balaban J connectivity index is 2.16. The summed E-state index contributed by atoms with van der Waals surface area (Å²) in [5.74, 6) is -2.20. The first-order valence-electron chi connectivity index (χ1n) is 6.22. The molecule has 2 rings (SSSR count). The van der Waals surface area contributed by atoms with Gasteiger partial charge in [-0.15, -0.1) is 0 Å². The van der Waals surface area contributed by atoms with Gasteiger partial charge >= 0.3 is 6.18 Å². The van der Waals surface area contributed by atoms with Crippen LogP contribution in [0.25, 0.3) is 0 Å². The standard InChI is InChI=1S/C13H14F4N2O/c14-10-5-4-7(6-9(10)13(15,16)17)19-12(20)8-2-1-3-11(8)18/h4-6,8,11H,1-3,18H2,(H,19,20)/t8-,11+/m0/s1. The zero-order chi connectivity index (χ0) is 14.9. The summed E-state index contributed by atoms with van der Waals surface area (Å²) in [5, 5.41) is 2.37. The van der Waals surface area contributed by atoms with Crippen molar-refractivity contribution >= 4 is 11.6 Å². The number of halogens is 4. The van der Waals surface area contributed by atoms with E-state index in [0.717, 1.165) is 18.9 Å². The summed E-state index contributed by atoms with van der Waals surface area (Å²) in [4.78, 5) is 11.9. The Kier molecular flexibility index (Phi) is 3.99. The van der Waals surface area contributed by atoms with Gasteiger partial charge in [-0.3, -0.25) is 4.79 Å². The lowest BCUT2D eigenvalue weighted by molar-refractivity contribution is -0.140. The molecule has 110 valence electrons. The number of nitrogens with one attached hydrogen (secondary N) is 1. The van der Waals surface area contributed by atoms with Crippen molar-refractivity contribution < 1.29 is 22.4 Å². The Hall–Kier alpha value is -1.63. The third-order valence-corrected chi connectivity index (χ3v) is 3.45. The minimum atomic E-state index is -4.80. The molecular formula is C13H14F4N2O. The highest BCUT2D eigenvalue weighted by molar-refractivity contribution is 5.93. The molecule has 1 aromatic carbocycles. The van der Waals surface area contributed by atoms with Gasteiger partial charge in [0.05, 0.1) is 11.5 Å². The molecule has 3 nitrogen and oxygen atoms in total. The number of carbonyl (C=O) groups excluding carboxylic acids is 1. The molecule has 1 amide bonds. The van der Waals surface area contributed by atoms with E-state index in [0.29, 0.717) is 18.6 Å². The van der Waals surface area contributed by atoms with E-state index in [1.165, 1.54) is 0 Å². The number of alkyl halides is 3. The van der Waals surface area contributed by atoms with Crippen LogP contribution in [0.15, 0.2) is 18.2 Å². The third-order valence-electron chi connectivity index (χ3n) is 3.45. The van der Waals surface area contributed by atoms with Crippen LogP contribution in [0.5, 0.6) is 0 Å². The topological polar surface area (TPSA) is 55.1 Å². The van der Waals surface area contributed by atoms with Crippen molar-refractivity contribution in [2.24, 2.45) is 11.7 Å². The summed E-state index contributed by atoms with van der Waals surface area (Å²) in [6, 6.07) is 2.10. The van der Waals surface area contributed by atoms with Crippen molar-refractivity contribution in [2.75, 3.05) is 5.32 Å². The second-order valence-corrected chi connectivity index (χ2v) is 4.88. The van der Waals surface area contributed by atoms with E-state index in [1.54, 1.807) is 0 Å². The molecule has 1 aliphatic rings. The van der Waals surface area contributed by atoms with Gasteiger partial charge in [0.1, 0.15) is 5.82 Å². The summed E-state index contributed by atoms with van der Waals surface area (Å²) < 4.78 is 50.8. The number of anilines is 1. The molecule has 1 fully saturated rings. The van der Waals surface area contributed by atoms with Gasteiger partial charge < -0.3 is 11.1 Å². The van der Waals surface area contributed by atoms with Crippen LogP contribution in [0.1, 0.15) is 24.8 Å². The maximum Gasteiger partial charge on any atom is 0.419 e. The minimum absolute atomic E-state index is 0.0807. The molecule has 7 heteroatoms. The summed E-state index contributed by atoms with van der Waals surface area (Å²) in [7, 11) is 0. The van der Waals surface area contributed by atoms with Crippen molar-refractivity contribution in [1.29, 1.82) is 0 Å². The molecule has 3 N–H and O–H groups in total. The quantitative estimate of drug-likeness (QED) is 0.823. The molecule has 1 aliphatic carbocycles. The highest BCUT2D eigenvalue weighted by Crippen LogP contribution is 2.33. The predicted octanol–water partition coefficient (Wildman–Crippen LogP) is 2.91. The molecule has 0 saturated heterocycles. The molecule has 0 bridgehead atoms. The van der Waals surface area contributed by atoms with E-state index in [4.69, 9.17) is 5.73 Å². The Morgan fingerprint density at radius 3 is 2.55 bits per heavy atom. The number of benzene rings is 1. The fraction of sp³-hybridized carbons (Fsp3) is 0.462. The molecule has 0 radical (unpaired) electrons. The largest absolute Gasteiger partial charge is 0.419 e. The first-order chi connectivity index (χ1) is 9.29. The van der Waals surface area contributed by atoms with Crippen LogP contribution in [0.3, 0.4) is 0 Å². The number of amides is 1. The van der Waals surface area contributed by atoms with Gasteiger partial charge in [0.15, 0.2) is 0 Å². The summed E-state index contributed by atoms with van der Waals surface area (Å²) >= 11 is 0. The number of hydrogen-bond donors (Lipinski definition) is 2. The lowest BCUT2D eigenvalue weighted by Crippen LogP contribution is -2.34. The first kappa shape index (κ1) is 14.8. The van der Waals surface area contributed by atoms with E-state index in [9.17, 15) is 22.4 Å². The molecule has 0 aromatic heterocycles. The van der Waals surface area contributed by atoms with Gasteiger partial charge in [-0.1, -0.05) is 6.42 Å². The average Bonchev–Trinajstić information content (AvgIpc) is 2.76. The molecule has 2 atom stereocenters. The fourth-order valence-electron chi connectivity index (χ4n) is 2.37. The smallest absolute Gasteiger partial charge is 0.327 e. The van der Waals surface area contributed by atoms with E-state index in [-0.39, 0.29) is 11.7 Å². The molecule has 0 aliphatic heterocycles. The van der Waals surface area contributed by atoms with E-state index < -0.39 is 29.4 Å². The molecule has 1 aromatic rings. The molecule has 0 spiro atoms. The highest BCUT2D eigenvalue weighted by Gasteiger charge is 2.35. The molecule has 0 heterocycles. The molecule has 1 saturated carbocycles. The minimum Gasteiger partial charge on any atom is -0.327 e. The van der Waals surface area contributed by atoms with Crippen molar-refractivity contribution in [1.82, 2.24) is 0 Å². The lowest BCUT2D eigenvalue weighted by Gasteiger charge is -2.16. The van der Waals surface area contributed by atoms with Gasteiger partial charge in [-0.25, -0.2) is 4.39 Å². The molecular weight excluding hydrogens is 276 g/mol. The van der Waals surface area contributed by atoms with Gasteiger partial charge in [-0.05, 0) is 31.0 Å². The second kappa shape index (κ2) is 5.40. The Morgan fingerprint density at radius 1 is 1.30 bits per heavy atom. The maximum atomic E-state index is 13.1. The normalized spacial score (nSPS) is 22.9. The zero-order valence-electron chi connectivity index (χ0n) is 10.5. The first-order valence-corrected chi connectivity index (χ1v) is 6.22. The Bertz CT molecular complexity index is 516. The second-order valence-electron chi connectivity index (χ2n) is 4.88. The third kappa shape index (κ3) is 3.09. The average molecular weight is 290 g/mol. The van der Waals surface area contributed by atoms with Crippen molar-refractivity contribution in [2.45, 2.75) is 31.5 Å². The van der Waals surface area contributed by atoms with Crippen LogP contribution < -0.4 is 11.1 Å². The number of carbonyl (C=O) groups is 1. The van der Waals surface area contributed by atoms with Crippen LogP contribution in [-0.2, 0) is 11.0 Å². The summed E-state index contributed by atoms with van der Waals surface area (Å²) in [6.07, 6.45) is -2.65. The van der Waals surface area contributed by atoms with Crippen molar-refractivity contribution in [3.63, 3.8) is 0 Å². The fourth-order valence-corrected chi connectivity index (χ4v) is 2.37. The van der Waals surface area contributed by atoms with E-state index in [1.807, 2.05) is 0 Å². The van der Waals surface area contributed by atoms with Crippen LogP contribution >= 0.6 is 0 Å². The number of rotatable bonds is 2.